The van der Waals surface area contributed by atoms with E-state index in [-0.39, 0.29) is 17.5 Å². The van der Waals surface area contributed by atoms with Gasteiger partial charge in [-0.1, -0.05) is 12.1 Å². The van der Waals surface area contributed by atoms with Gasteiger partial charge in [-0.25, -0.2) is 4.79 Å². The predicted octanol–water partition coefficient (Wildman–Crippen LogP) is 3.80. The monoisotopic (exact) mass is 320 g/mol. The Morgan fingerprint density at radius 3 is 1.96 bits per heavy atom. The van der Waals surface area contributed by atoms with Crippen LogP contribution in [0.4, 0.5) is 4.79 Å². The topological polar surface area (TPSA) is 67.4 Å². The Bertz CT molecular complexity index is 551. The van der Waals surface area contributed by atoms with Gasteiger partial charge in [-0.2, -0.15) is 0 Å². The van der Waals surface area contributed by atoms with E-state index in [4.69, 9.17) is 4.74 Å². The van der Waals surface area contributed by atoms with E-state index in [0.717, 1.165) is 5.56 Å². The third-order valence-corrected chi connectivity index (χ3v) is 2.89. The van der Waals surface area contributed by atoms with Crippen LogP contribution in [0.15, 0.2) is 24.3 Å². The number of amides is 2. The molecule has 0 aliphatic heterocycles. The number of benzene rings is 1. The zero-order valence-corrected chi connectivity index (χ0v) is 15.1. The molecule has 2 amide bonds. The number of hydrogen-bond donors (Lipinski definition) is 2. The van der Waals surface area contributed by atoms with Gasteiger partial charge in [-0.05, 0) is 66.2 Å². The fraction of sp³-hybridized carbons (Fsp3) is 0.556. The molecule has 0 saturated heterocycles. The number of rotatable bonds is 3. The van der Waals surface area contributed by atoms with Crippen molar-refractivity contribution in [3.8, 4) is 0 Å². The Morgan fingerprint density at radius 1 is 1.00 bits per heavy atom. The van der Waals surface area contributed by atoms with Gasteiger partial charge in [0.2, 0.25) is 0 Å². The van der Waals surface area contributed by atoms with Crippen LogP contribution in [-0.4, -0.2) is 23.1 Å². The first kappa shape index (κ1) is 19.0. The summed E-state index contributed by atoms with van der Waals surface area (Å²) in [5.74, 6) is -0.114. The van der Waals surface area contributed by atoms with Gasteiger partial charge in [0.25, 0.3) is 5.91 Å². The molecule has 128 valence electrons. The van der Waals surface area contributed by atoms with Crippen LogP contribution in [0.2, 0.25) is 0 Å². The van der Waals surface area contributed by atoms with Gasteiger partial charge in [0.05, 0.1) is 6.04 Å². The van der Waals surface area contributed by atoms with E-state index in [1.54, 1.807) is 12.1 Å². The largest absolute Gasteiger partial charge is 0.444 e. The highest BCUT2D eigenvalue weighted by Crippen LogP contribution is 2.15. The van der Waals surface area contributed by atoms with E-state index >= 15 is 0 Å². The highest BCUT2D eigenvalue weighted by molar-refractivity contribution is 5.94. The Labute approximate surface area is 138 Å². The number of ether oxygens (including phenoxy) is 1. The molecule has 0 aliphatic carbocycles. The summed E-state index contributed by atoms with van der Waals surface area (Å²) in [4.78, 5) is 23.9. The summed E-state index contributed by atoms with van der Waals surface area (Å²) in [6.45, 7) is 13.1. The molecule has 0 bridgehead atoms. The minimum absolute atomic E-state index is 0.114. The Balaban J connectivity index is 2.69. The van der Waals surface area contributed by atoms with Crippen molar-refractivity contribution in [2.75, 3.05) is 0 Å². The third kappa shape index (κ3) is 7.17. The number of alkyl carbamates (subject to hydrolysis) is 1. The number of carbonyl (C=O) groups is 2. The van der Waals surface area contributed by atoms with Crippen molar-refractivity contribution in [3.05, 3.63) is 35.4 Å². The van der Waals surface area contributed by atoms with Gasteiger partial charge >= 0.3 is 6.09 Å². The molecule has 5 heteroatoms. The van der Waals surface area contributed by atoms with Crippen LogP contribution in [-0.2, 0) is 4.74 Å². The molecular formula is C18H28N2O3. The zero-order valence-electron chi connectivity index (χ0n) is 15.1. The summed E-state index contributed by atoms with van der Waals surface area (Å²) >= 11 is 0. The molecule has 1 aromatic carbocycles. The molecule has 0 aromatic heterocycles. The fourth-order valence-electron chi connectivity index (χ4n) is 1.90. The molecule has 0 radical (unpaired) electrons. The van der Waals surface area contributed by atoms with Crippen LogP contribution in [0.3, 0.4) is 0 Å². The van der Waals surface area contributed by atoms with Crippen molar-refractivity contribution in [2.45, 2.75) is 65.6 Å². The molecule has 0 heterocycles. The fourth-order valence-corrected chi connectivity index (χ4v) is 1.90. The quantitative estimate of drug-likeness (QED) is 0.890. The minimum atomic E-state index is -0.529. The molecule has 2 N–H and O–H groups in total. The lowest BCUT2D eigenvalue weighted by molar-refractivity contribution is 0.0507. The maximum Gasteiger partial charge on any atom is 0.408 e. The summed E-state index contributed by atoms with van der Waals surface area (Å²) < 4.78 is 5.23. The summed E-state index contributed by atoms with van der Waals surface area (Å²) in [6, 6.07) is 6.97. The number of nitrogens with one attached hydrogen (secondary N) is 2. The van der Waals surface area contributed by atoms with Crippen molar-refractivity contribution in [1.82, 2.24) is 10.6 Å². The maximum atomic E-state index is 12.1. The lowest BCUT2D eigenvalue weighted by atomic mass is 10.0. The molecule has 0 fully saturated rings. The predicted molar refractivity (Wildman–Crippen MR) is 91.4 cm³/mol. The second-order valence-corrected chi connectivity index (χ2v) is 7.69. The molecule has 0 unspecified atom stereocenters. The zero-order chi connectivity index (χ0) is 17.8. The SMILES string of the molecule is C[C@H](NC(=O)OC(C)(C)C)c1ccc(C(=O)NC(C)(C)C)cc1. The van der Waals surface area contributed by atoms with Gasteiger partial charge in [-0.3, -0.25) is 4.79 Å². The average Bonchev–Trinajstić information content (AvgIpc) is 2.34. The Morgan fingerprint density at radius 2 is 1.52 bits per heavy atom. The maximum absolute atomic E-state index is 12.1. The summed E-state index contributed by atoms with van der Waals surface area (Å²) in [5, 5.41) is 5.69. The first-order valence-corrected chi connectivity index (χ1v) is 7.79. The molecule has 5 nitrogen and oxygen atoms in total. The van der Waals surface area contributed by atoms with Crippen LogP contribution in [0, 0.1) is 0 Å². The number of carbonyl (C=O) groups excluding carboxylic acids is 2. The third-order valence-electron chi connectivity index (χ3n) is 2.89. The van der Waals surface area contributed by atoms with Gasteiger partial charge in [0.1, 0.15) is 5.60 Å². The minimum Gasteiger partial charge on any atom is -0.444 e. The van der Waals surface area contributed by atoms with Crippen LogP contribution >= 0.6 is 0 Å². The lowest BCUT2D eigenvalue weighted by Gasteiger charge is -2.22. The summed E-state index contributed by atoms with van der Waals surface area (Å²) in [6.07, 6.45) is -0.459. The van der Waals surface area contributed by atoms with E-state index < -0.39 is 11.7 Å². The summed E-state index contributed by atoms with van der Waals surface area (Å²) in [7, 11) is 0. The second-order valence-electron chi connectivity index (χ2n) is 7.69. The van der Waals surface area contributed by atoms with Crippen LogP contribution in [0.1, 0.15) is 70.4 Å². The second kappa shape index (κ2) is 7.02. The normalized spacial score (nSPS) is 13.2. The van der Waals surface area contributed by atoms with Gasteiger partial charge in [0.15, 0.2) is 0 Å². The van der Waals surface area contributed by atoms with Crippen molar-refractivity contribution >= 4 is 12.0 Å². The molecular weight excluding hydrogens is 292 g/mol. The van der Waals surface area contributed by atoms with Gasteiger partial charge in [-0.15, -0.1) is 0 Å². The standard InChI is InChI=1S/C18H28N2O3/c1-12(19-16(22)23-18(5,6)7)13-8-10-14(11-9-13)15(21)20-17(2,3)4/h8-12H,1-7H3,(H,19,22)(H,20,21)/t12-/m0/s1. The first-order chi connectivity index (χ1) is 10.4. The van der Waals surface area contributed by atoms with Crippen LogP contribution < -0.4 is 10.6 Å². The van der Waals surface area contributed by atoms with E-state index in [1.807, 2.05) is 60.6 Å². The molecule has 0 saturated carbocycles. The highest BCUT2D eigenvalue weighted by atomic mass is 16.6. The van der Waals surface area contributed by atoms with E-state index in [9.17, 15) is 9.59 Å². The summed E-state index contributed by atoms with van der Waals surface area (Å²) in [5.41, 5.74) is 0.691. The molecule has 23 heavy (non-hydrogen) atoms. The molecule has 0 aliphatic rings. The first-order valence-electron chi connectivity index (χ1n) is 7.79. The highest BCUT2D eigenvalue weighted by Gasteiger charge is 2.19. The van der Waals surface area contributed by atoms with E-state index in [1.165, 1.54) is 0 Å². The van der Waals surface area contributed by atoms with Gasteiger partial charge in [0, 0.05) is 11.1 Å². The smallest absolute Gasteiger partial charge is 0.408 e. The molecule has 1 atom stereocenters. The Hall–Kier alpha value is -2.04. The van der Waals surface area contributed by atoms with Gasteiger partial charge < -0.3 is 15.4 Å². The number of hydrogen-bond acceptors (Lipinski definition) is 3. The van der Waals surface area contributed by atoms with Crippen molar-refractivity contribution in [3.63, 3.8) is 0 Å². The van der Waals surface area contributed by atoms with Crippen molar-refractivity contribution in [2.24, 2.45) is 0 Å². The van der Waals surface area contributed by atoms with E-state index in [2.05, 4.69) is 10.6 Å². The van der Waals surface area contributed by atoms with Crippen molar-refractivity contribution < 1.29 is 14.3 Å². The Kier molecular flexibility index (Phi) is 5.81. The molecule has 1 aromatic rings. The molecule has 1 rings (SSSR count). The average molecular weight is 320 g/mol. The van der Waals surface area contributed by atoms with E-state index in [0.29, 0.717) is 5.56 Å². The molecule has 0 spiro atoms. The van der Waals surface area contributed by atoms with Crippen LogP contribution in [0.25, 0.3) is 0 Å². The van der Waals surface area contributed by atoms with Crippen molar-refractivity contribution in [1.29, 1.82) is 0 Å². The lowest BCUT2D eigenvalue weighted by Crippen LogP contribution is -2.40. The van der Waals surface area contributed by atoms with Crippen LogP contribution in [0.5, 0.6) is 0 Å².